The van der Waals surface area contributed by atoms with Crippen LogP contribution in [0.3, 0.4) is 0 Å². The highest BCUT2D eigenvalue weighted by atomic mass is 15.1. The van der Waals surface area contributed by atoms with Gasteiger partial charge in [-0.3, -0.25) is 9.97 Å². The minimum atomic E-state index is 0. The van der Waals surface area contributed by atoms with Crippen molar-refractivity contribution in [3.05, 3.63) is 47.3 Å². The van der Waals surface area contributed by atoms with Gasteiger partial charge in [-0.1, -0.05) is 62.8 Å². The van der Waals surface area contributed by atoms with Gasteiger partial charge in [-0.2, -0.15) is 10.2 Å². The van der Waals surface area contributed by atoms with Crippen molar-refractivity contribution in [2.24, 2.45) is 0 Å². The minimum Gasteiger partial charge on any atom is -0.258 e. The van der Waals surface area contributed by atoms with Crippen molar-refractivity contribution in [3.8, 4) is 0 Å². The largest absolute Gasteiger partial charge is 0.258 e. The fourth-order valence-corrected chi connectivity index (χ4v) is 2.54. The molecule has 0 aliphatic rings. The lowest BCUT2D eigenvalue weighted by molar-refractivity contribution is 0.726. The van der Waals surface area contributed by atoms with Crippen LogP contribution in [0, 0.1) is 0 Å². The molecule has 2 aromatic rings. The van der Waals surface area contributed by atoms with Gasteiger partial charge in [0.15, 0.2) is 0 Å². The molecular formula is C21H36N4. The van der Waals surface area contributed by atoms with Crippen LogP contribution in [0.25, 0.3) is 0 Å². The maximum Gasteiger partial charge on any atom is 0.0690 e. The highest BCUT2D eigenvalue weighted by Gasteiger charge is 2.11. The predicted octanol–water partition coefficient (Wildman–Crippen LogP) is 6.08. The van der Waals surface area contributed by atoms with Gasteiger partial charge in [0.05, 0.1) is 17.1 Å². The van der Waals surface area contributed by atoms with Crippen LogP contribution in [-0.4, -0.2) is 20.2 Å². The number of hydrogen-bond acceptors (Lipinski definition) is 4. The van der Waals surface area contributed by atoms with Gasteiger partial charge in [0.25, 0.3) is 0 Å². The normalized spacial score (nSPS) is 10.7. The molecule has 2 aromatic heterocycles. The molecule has 0 radical (unpaired) electrons. The van der Waals surface area contributed by atoms with Crippen LogP contribution >= 0.6 is 0 Å². The Bertz CT molecular complexity index is 509. The van der Waals surface area contributed by atoms with E-state index >= 15 is 0 Å². The molecule has 0 atom stereocenters. The van der Waals surface area contributed by atoms with Crippen LogP contribution in [-0.2, 0) is 0 Å². The van der Waals surface area contributed by atoms with E-state index in [1.807, 2.05) is 0 Å². The summed E-state index contributed by atoms with van der Waals surface area (Å²) in [6, 6.07) is 2.06. The van der Waals surface area contributed by atoms with E-state index in [9.17, 15) is 0 Å². The van der Waals surface area contributed by atoms with Crippen LogP contribution in [0.5, 0.6) is 0 Å². The molecule has 0 amide bonds. The van der Waals surface area contributed by atoms with Gasteiger partial charge < -0.3 is 0 Å². The Balaban J connectivity index is 0.000000443. The molecule has 0 N–H and O–H groups in total. The van der Waals surface area contributed by atoms with E-state index < -0.39 is 0 Å². The molecule has 4 nitrogen and oxygen atoms in total. The quantitative estimate of drug-likeness (QED) is 0.674. The molecule has 25 heavy (non-hydrogen) atoms. The molecule has 0 saturated carbocycles. The molecule has 0 aromatic carbocycles. The smallest absolute Gasteiger partial charge is 0.0690 e. The van der Waals surface area contributed by atoms with E-state index in [0.717, 1.165) is 17.1 Å². The zero-order valence-electron chi connectivity index (χ0n) is 16.4. The van der Waals surface area contributed by atoms with Gasteiger partial charge in [-0.25, -0.2) is 0 Å². The maximum atomic E-state index is 4.34. The van der Waals surface area contributed by atoms with E-state index in [1.165, 1.54) is 5.56 Å². The summed E-state index contributed by atoms with van der Waals surface area (Å²) in [5, 5.41) is 8.05. The summed E-state index contributed by atoms with van der Waals surface area (Å²) in [5.74, 6) is 1.95. The second-order valence-electron chi connectivity index (χ2n) is 7.32. The molecule has 2 heterocycles. The highest BCUT2D eigenvalue weighted by molar-refractivity contribution is 5.23. The van der Waals surface area contributed by atoms with Crippen LogP contribution in [0.2, 0.25) is 0 Å². The van der Waals surface area contributed by atoms with Crippen molar-refractivity contribution in [2.45, 2.75) is 86.5 Å². The van der Waals surface area contributed by atoms with Crippen molar-refractivity contribution in [3.63, 3.8) is 0 Å². The first-order chi connectivity index (χ1) is 11.3. The molecular weight excluding hydrogens is 308 g/mol. The van der Waals surface area contributed by atoms with E-state index in [1.54, 1.807) is 18.6 Å². The number of rotatable bonds is 4. The fourth-order valence-electron chi connectivity index (χ4n) is 2.54. The summed E-state index contributed by atoms with van der Waals surface area (Å²) in [6.45, 7) is 17.3. The molecule has 2 rings (SSSR count). The minimum absolute atomic E-state index is 0. The summed E-state index contributed by atoms with van der Waals surface area (Å²) in [7, 11) is 0. The zero-order valence-corrected chi connectivity index (χ0v) is 16.4. The summed E-state index contributed by atoms with van der Waals surface area (Å²) >= 11 is 0. The highest BCUT2D eigenvalue weighted by Crippen LogP contribution is 2.22. The van der Waals surface area contributed by atoms with Gasteiger partial charge >= 0.3 is 0 Å². The average molecular weight is 345 g/mol. The van der Waals surface area contributed by atoms with Gasteiger partial charge in [-0.15, -0.1) is 0 Å². The molecule has 0 bridgehead atoms. The first kappa shape index (κ1) is 23.2. The van der Waals surface area contributed by atoms with Crippen LogP contribution < -0.4 is 0 Å². The van der Waals surface area contributed by atoms with Crippen molar-refractivity contribution in [2.75, 3.05) is 0 Å². The average Bonchev–Trinajstić information content (AvgIpc) is 2.55. The van der Waals surface area contributed by atoms with Crippen LogP contribution in [0.1, 0.15) is 109 Å². The van der Waals surface area contributed by atoms with Crippen molar-refractivity contribution in [1.82, 2.24) is 20.2 Å². The molecule has 0 aliphatic carbocycles. The Labute approximate surface area is 154 Å². The van der Waals surface area contributed by atoms with Gasteiger partial charge in [0, 0.05) is 18.6 Å². The summed E-state index contributed by atoms with van der Waals surface area (Å²) in [6.07, 6.45) is 5.30. The summed E-state index contributed by atoms with van der Waals surface area (Å²) < 4.78 is 0. The Kier molecular flexibility index (Phi) is 10.1. The van der Waals surface area contributed by atoms with Gasteiger partial charge in [-0.05, 0) is 35.3 Å². The van der Waals surface area contributed by atoms with E-state index in [0.29, 0.717) is 23.7 Å². The second-order valence-corrected chi connectivity index (χ2v) is 7.32. The van der Waals surface area contributed by atoms with Gasteiger partial charge in [0.1, 0.15) is 0 Å². The molecule has 140 valence electrons. The lowest BCUT2D eigenvalue weighted by Crippen LogP contribution is -2.03. The number of aromatic nitrogens is 4. The Morgan fingerprint density at radius 2 is 1.04 bits per heavy atom. The van der Waals surface area contributed by atoms with E-state index in [4.69, 9.17) is 0 Å². The van der Waals surface area contributed by atoms with Crippen molar-refractivity contribution >= 4 is 0 Å². The third kappa shape index (κ3) is 6.89. The molecule has 0 fully saturated rings. The second kappa shape index (κ2) is 10.9. The predicted molar refractivity (Wildman–Crippen MR) is 107 cm³/mol. The summed E-state index contributed by atoms with van der Waals surface area (Å²) in [4.78, 5) is 8.67. The molecule has 0 saturated heterocycles. The monoisotopic (exact) mass is 344 g/mol. The number of hydrogen-bond donors (Lipinski definition) is 0. The topological polar surface area (TPSA) is 51.6 Å². The lowest BCUT2D eigenvalue weighted by Gasteiger charge is -2.12. The van der Waals surface area contributed by atoms with E-state index in [-0.39, 0.29) is 7.43 Å². The van der Waals surface area contributed by atoms with Crippen LogP contribution in [0.4, 0.5) is 0 Å². The van der Waals surface area contributed by atoms with Gasteiger partial charge in [0.2, 0.25) is 0 Å². The van der Waals surface area contributed by atoms with Crippen molar-refractivity contribution < 1.29 is 0 Å². The standard InChI is InChI=1S/2C10H16N2.CH4/c1-7(2)9-10(8(3)4)12-6-5-11-9;1-7(2)9-5-6-11-12-10(9)8(3)4;/h2*5-8H,1-4H3;1H4. The Hall–Kier alpha value is -1.84. The molecule has 4 heteroatoms. The lowest BCUT2D eigenvalue weighted by atomic mass is 9.96. The first-order valence-electron chi connectivity index (χ1n) is 8.87. The van der Waals surface area contributed by atoms with Crippen molar-refractivity contribution in [1.29, 1.82) is 0 Å². The zero-order chi connectivity index (χ0) is 18.3. The number of nitrogens with zero attached hydrogens (tertiary/aromatic N) is 4. The third-order valence-electron chi connectivity index (χ3n) is 3.80. The fraction of sp³-hybridized carbons (Fsp3) is 0.619. The molecule has 0 spiro atoms. The summed E-state index contributed by atoms with van der Waals surface area (Å²) in [5.41, 5.74) is 4.72. The van der Waals surface area contributed by atoms with Crippen LogP contribution in [0.15, 0.2) is 24.7 Å². The van der Waals surface area contributed by atoms with E-state index in [2.05, 4.69) is 81.6 Å². The molecule has 0 aliphatic heterocycles. The Morgan fingerprint density at radius 1 is 0.600 bits per heavy atom. The Morgan fingerprint density at radius 3 is 1.36 bits per heavy atom. The maximum absolute atomic E-state index is 4.34. The first-order valence-corrected chi connectivity index (χ1v) is 8.87. The SMILES string of the molecule is C.CC(C)c1ccnnc1C(C)C.CC(C)c1nccnc1C(C)C. The third-order valence-corrected chi connectivity index (χ3v) is 3.80. The molecule has 0 unspecified atom stereocenters.